The predicted octanol–water partition coefficient (Wildman–Crippen LogP) is 1.27. The number of nitrogens with zero attached hydrogens (tertiary/aromatic N) is 4. The summed E-state index contributed by atoms with van der Waals surface area (Å²) in [6.45, 7) is 4.26. The molecule has 1 aliphatic rings. The van der Waals surface area contributed by atoms with Gasteiger partial charge in [0, 0.05) is 25.3 Å². The molecule has 0 unspecified atom stereocenters. The number of aromatic amines is 1. The molecule has 0 aliphatic carbocycles. The van der Waals surface area contributed by atoms with E-state index in [-0.39, 0.29) is 0 Å². The molecule has 0 amide bonds. The summed E-state index contributed by atoms with van der Waals surface area (Å²) in [6, 6.07) is 0.638. The maximum absolute atomic E-state index is 4.48. The molecule has 1 aliphatic heterocycles. The van der Waals surface area contributed by atoms with Gasteiger partial charge >= 0.3 is 0 Å². The molecular formula is C13H19N5. The lowest BCUT2D eigenvalue weighted by Crippen LogP contribution is -2.57. The molecule has 18 heavy (non-hydrogen) atoms. The van der Waals surface area contributed by atoms with Crippen molar-refractivity contribution in [1.82, 2.24) is 19.9 Å². The minimum absolute atomic E-state index is 0.638. The van der Waals surface area contributed by atoms with Crippen LogP contribution in [-0.2, 0) is 6.42 Å². The molecule has 2 aromatic heterocycles. The largest absolute Gasteiger partial charge is 0.353 e. The van der Waals surface area contributed by atoms with Gasteiger partial charge in [-0.1, -0.05) is 6.92 Å². The third kappa shape index (κ3) is 1.66. The monoisotopic (exact) mass is 245 g/mol. The number of H-pyrrole nitrogens is 1. The molecular weight excluding hydrogens is 226 g/mol. The van der Waals surface area contributed by atoms with Gasteiger partial charge in [-0.15, -0.1) is 0 Å². The van der Waals surface area contributed by atoms with Gasteiger partial charge in [0.1, 0.15) is 17.8 Å². The van der Waals surface area contributed by atoms with Crippen LogP contribution < -0.4 is 4.90 Å². The van der Waals surface area contributed by atoms with Crippen molar-refractivity contribution in [2.24, 2.45) is 0 Å². The number of likely N-dealkylation sites (N-methyl/N-ethyl adjacent to an activating group) is 1. The van der Waals surface area contributed by atoms with Gasteiger partial charge < -0.3 is 14.8 Å². The Kier molecular flexibility index (Phi) is 2.70. The average Bonchev–Trinajstić information content (AvgIpc) is 2.70. The fourth-order valence-electron chi connectivity index (χ4n) is 2.48. The van der Waals surface area contributed by atoms with Crippen LogP contribution in [0.5, 0.6) is 0 Å². The topological polar surface area (TPSA) is 48.1 Å². The van der Waals surface area contributed by atoms with Gasteiger partial charge in [-0.05, 0) is 26.1 Å². The van der Waals surface area contributed by atoms with E-state index in [2.05, 4.69) is 45.8 Å². The fourth-order valence-corrected chi connectivity index (χ4v) is 2.48. The Morgan fingerprint density at radius 1 is 1.39 bits per heavy atom. The maximum Gasteiger partial charge on any atom is 0.143 e. The van der Waals surface area contributed by atoms with Crippen molar-refractivity contribution in [3.05, 3.63) is 18.1 Å². The SMILES string of the molecule is CCc1c[nH]c2ncnc(N3CC(N(C)C)C3)c12. The molecule has 0 saturated carbocycles. The van der Waals surface area contributed by atoms with Crippen LogP contribution in [0.3, 0.4) is 0 Å². The van der Waals surface area contributed by atoms with Crippen molar-refractivity contribution >= 4 is 16.9 Å². The summed E-state index contributed by atoms with van der Waals surface area (Å²) in [7, 11) is 4.26. The standard InChI is InChI=1S/C13H19N5/c1-4-9-5-14-12-11(9)13(16-8-15-12)18-6-10(7-18)17(2)3/h5,8,10H,4,6-7H2,1-3H3,(H,14,15,16). The first-order valence-corrected chi connectivity index (χ1v) is 6.43. The number of hydrogen-bond acceptors (Lipinski definition) is 4. The number of hydrogen-bond donors (Lipinski definition) is 1. The molecule has 5 nitrogen and oxygen atoms in total. The Bertz CT molecular complexity index is 554. The molecule has 3 heterocycles. The summed E-state index contributed by atoms with van der Waals surface area (Å²) >= 11 is 0. The molecule has 2 aromatic rings. The van der Waals surface area contributed by atoms with Crippen molar-refractivity contribution in [2.45, 2.75) is 19.4 Å². The molecule has 1 N–H and O–H groups in total. The van der Waals surface area contributed by atoms with E-state index in [1.807, 2.05) is 6.20 Å². The molecule has 0 aromatic carbocycles. The van der Waals surface area contributed by atoms with E-state index in [9.17, 15) is 0 Å². The van der Waals surface area contributed by atoms with Gasteiger partial charge in [-0.25, -0.2) is 9.97 Å². The van der Waals surface area contributed by atoms with E-state index in [0.717, 1.165) is 31.0 Å². The second-order valence-corrected chi connectivity index (χ2v) is 5.11. The summed E-state index contributed by atoms with van der Waals surface area (Å²) in [5.74, 6) is 1.08. The van der Waals surface area contributed by atoms with E-state index in [1.165, 1.54) is 10.9 Å². The van der Waals surface area contributed by atoms with Crippen molar-refractivity contribution in [1.29, 1.82) is 0 Å². The second-order valence-electron chi connectivity index (χ2n) is 5.11. The second kappa shape index (κ2) is 4.24. The highest BCUT2D eigenvalue weighted by molar-refractivity contribution is 5.91. The number of rotatable bonds is 3. The van der Waals surface area contributed by atoms with Crippen molar-refractivity contribution in [2.75, 3.05) is 32.1 Å². The van der Waals surface area contributed by atoms with Crippen LogP contribution in [0.2, 0.25) is 0 Å². The van der Waals surface area contributed by atoms with Gasteiger partial charge in [0.2, 0.25) is 0 Å². The quantitative estimate of drug-likeness (QED) is 0.884. The lowest BCUT2D eigenvalue weighted by Gasteiger charge is -2.43. The van der Waals surface area contributed by atoms with E-state index >= 15 is 0 Å². The van der Waals surface area contributed by atoms with Crippen LogP contribution in [0.25, 0.3) is 11.0 Å². The highest BCUT2D eigenvalue weighted by Crippen LogP contribution is 2.30. The highest BCUT2D eigenvalue weighted by Gasteiger charge is 2.30. The normalized spacial score (nSPS) is 16.6. The Labute approximate surface area is 107 Å². The minimum atomic E-state index is 0.638. The Morgan fingerprint density at radius 3 is 2.83 bits per heavy atom. The van der Waals surface area contributed by atoms with Crippen molar-refractivity contribution in [3.8, 4) is 0 Å². The van der Waals surface area contributed by atoms with Crippen LogP contribution in [0.1, 0.15) is 12.5 Å². The number of anilines is 1. The number of aryl methyl sites for hydroxylation is 1. The predicted molar refractivity (Wildman–Crippen MR) is 73.0 cm³/mol. The number of fused-ring (bicyclic) bond motifs is 1. The van der Waals surface area contributed by atoms with Gasteiger partial charge in [0.05, 0.1) is 5.39 Å². The highest BCUT2D eigenvalue weighted by atomic mass is 15.3. The van der Waals surface area contributed by atoms with Crippen LogP contribution in [0.15, 0.2) is 12.5 Å². The molecule has 0 radical (unpaired) electrons. The summed E-state index contributed by atoms with van der Waals surface area (Å²) < 4.78 is 0. The first kappa shape index (κ1) is 11.5. The van der Waals surface area contributed by atoms with E-state index in [0.29, 0.717) is 6.04 Å². The Morgan fingerprint density at radius 2 is 2.17 bits per heavy atom. The first-order chi connectivity index (χ1) is 8.70. The number of nitrogens with one attached hydrogen (secondary N) is 1. The molecule has 3 rings (SSSR count). The molecule has 0 bridgehead atoms. The van der Waals surface area contributed by atoms with Gasteiger partial charge in [0.15, 0.2) is 0 Å². The molecule has 96 valence electrons. The Hall–Kier alpha value is -1.62. The zero-order valence-electron chi connectivity index (χ0n) is 11.1. The fraction of sp³-hybridized carbons (Fsp3) is 0.538. The average molecular weight is 245 g/mol. The zero-order chi connectivity index (χ0) is 12.7. The molecule has 0 spiro atoms. The number of aromatic nitrogens is 3. The summed E-state index contributed by atoms with van der Waals surface area (Å²) in [5, 5.41) is 1.19. The molecule has 0 atom stereocenters. The van der Waals surface area contributed by atoms with Crippen molar-refractivity contribution in [3.63, 3.8) is 0 Å². The smallest absolute Gasteiger partial charge is 0.143 e. The minimum Gasteiger partial charge on any atom is -0.353 e. The summed E-state index contributed by atoms with van der Waals surface area (Å²) in [4.78, 5) is 16.6. The molecule has 1 fully saturated rings. The van der Waals surface area contributed by atoms with Crippen molar-refractivity contribution < 1.29 is 0 Å². The Balaban J connectivity index is 1.95. The summed E-state index contributed by atoms with van der Waals surface area (Å²) in [6.07, 6.45) is 4.70. The maximum atomic E-state index is 4.48. The lowest BCUT2D eigenvalue weighted by atomic mass is 10.1. The van der Waals surface area contributed by atoms with E-state index in [4.69, 9.17) is 0 Å². The molecule has 1 saturated heterocycles. The van der Waals surface area contributed by atoms with Crippen LogP contribution >= 0.6 is 0 Å². The van der Waals surface area contributed by atoms with E-state index in [1.54, 1.807) is 6.33 Å². The summed E-state index contributed by atoms with van der Waals surface area (Å²) in [5.41, 5.74) is 2.25. The lowest BCUT2D eigenvalue weighted by molar-refractivity contribution is 0.246. The first-order valence-electron chi connectivity index (χ1n) is 6.43. The third-order valence-electron chi connectivity index (χ3n) is 3.80. The zero-order valence-corrected chi connectivity index (χ0v) is 11.1. The van der Waals surface area contributed by atoms with Crippen LogP contribution in [-0.4, -0.2) is 53.1 Å². The molecule has 5 heteroatoms. The van der Waals surface area contributed by atoms with Gasteiger partial charge in [0.25, 0.3) is 0 Å². The van der Waals surface area contributed by atoms with E-state index < -0.39 is 0 Å². The third-order valence-corrected chi connectivity index (χ3v) is 3.80. The van der Waals surface area contributed by atoms with Gasteiger partial charge in [-0.3, -0.25) is 0 Å². The van der Waals surface area contributed by atoms with Crippen LogP contribution in [0, 0.1) is 0 Å². The van der Waals surface area contributed by atoms with Crippen LogP contribution in [0.4, 0.5) is 5.82 Å². The van der Waals surface area contributed by atoms with Gasteiger partial charge in [-0.2, -0.15) is 0 Å².